The third kappa shape index (κ3) is 10.5. The van der Waals surface area contributed by atoms with Crippen LogP contribution >= 0.6 is 0 Å². The first-order valence-corrected chi connectivity index (χ1v) is 7.50. The number of aliphatic hydroxyl groups is 1. The first-order chi connectivity index (χ1) is 11.0. The summed E-state index contributed by atoms with van der Waals surface area (Å²) >= 11 is 0. The molecule has 0 unspecified atom stereocenters. The lowest BCUT2D eigenvalue weighted by Gasteiger charge is -2.16. The van der Waals surface area contributed by atoms with E-state index < -0.39 is 48.3 Å². The van der Waals surface area contributed by atoms with Crippen LogP contribution in [0.15, 0.2) is 0 Å². The van der Waals surface area contributed by atoms with Crippen LogP contribution in [-0.2, 0) is 33.4 Å². The summed E-state index contributed by atoms with van der Waals surface area (Å²) in [6, 6.07) is 0. The Morgan fingerprint density at radius 1 is 0.750 bits per heavy atom. The molecule has 0 aromatic carbocycles. The van der Waals surface area contributed by atoms with E-state index in [1.165, 1.54) is 27.7 Å². The normalized spacial score (nSPS) is 15.5. The summed E-state index contributed by atoms with van der Waals surface area (Å²) in [5.41, 5.74) is 0. The van der Waals surface area contributed by atoms with Gasteiger partial charge in [0.15, 0.2) is 6.10 Å². The van der Waals surface area contributed by atoms with E-state index in [0.29, 0.717) is 0 Å². The van der Waals surface area contributed by atoms with Gasteiger partial charge in [-0.25, -0.2) is 4.79 Å². The van der Waals surface area contributed by atoms with Crippen molar-refractivity contribution in [1.29, 1.82) is 0 Å². The fourth-order valence-corrected chi connectivity index (χ4v) is 1.63. The Morgan fingerprint density at radius 3 is 1.50 bits per heavy atom. The van der Waals surface area contributed by atoms with E-state index in [2.05, 4.69) is 4.74 Å². The van der Waals surface area contributed by atoms with Crippen LogP contribution in [0, 0.1) is 0 Å². The average molecular weight is 348 g/mol. The van der Waals surface area contributed by atoms with Gasteiger partial charge in [0, 0.05) is 0 Å². The van der Waals surface area contributed by atoms with Gasteiger partial charge in [0.1, 0.15) is 12.2 Å². The minimum atomic E-state index is -1.28. The largest absolute Gasteiger partial charge is 0.479 e. The molecule has 0 spiro atoms. The van der Waals surface area contributed by atoms with Gasteiger partial charge in [-0.3, -0.25) is 14.4 Å². The minimum absolute atomic E-state index is 0.177. The van der Waals surface area contributed by atoms with Crippen molar-refractivity contribution in [3.8, 4) is 0 Å². The average Bonchev–Trinajstić information content (AvgIpc) is 2.35. The number of carboxylic acid groups (broad SMARTS) is 1. The van der Waals surface area contributed by atoms with Crippen molar-refractivity contribution in [1.82, 2.24) is 0 Å². The number of ether oxygens (including phenoxy) is 3. The predicted molar refractivity (Wildman–Crippen MR) is 79.8 cm³/mol. The molecule has 4 atom stereocenters. The SMILES string of the molecule is C[C@H](CC(=O)O[C@H](C)CC(=O)O[C@H](C)C(=O)O)OC(=O)C[C@@H](C)O. The molecule has 9 heteroatoms. The molecule has 0 bridgehead atoms. The van der Waals surface area contributed by atoms with E-state index in [0.717, 1.165) is 0 Å². The van der Waals surface area contributed by atoms with E-state index in [1.54, 1.807) is 0 Å². The molecule has 9 nitrogen and oxygen atoms in total. The number of rotatable bonds is 10. The number of carbonyl (C=O) groups excluding carboxylic acids is 3. The molecule has 138 valence electrons. The van der Waals surface area contributed by atoms with Crippen molar-refractivity contribution in [2.45, 2.75) is 71.4 Å². The van der Waals surface area contributed by atoms with E-state index in [9.17, 15) is 19.2 Å². The van der Waals surface area contributed by atoms with Crippen LogP contribution in [0.1, 0.15) is 47.0 Å². The third-order valence-electron chi connectivity index (χ3n) is 2.69. The molecule has 0 amide bonds. The van der Waals surface area contributed by atoms with E-state index in [1.807, 2.05) is 0 Å². The summed E-state index contributed by atoms with van der Waals surface area (Å²) in [6.45, 7) is 5.59. The molecule has 0 heterocycles. The smallest absolute Gasteiger partial charge is 0.344 e. The van der Waals surface area contributed by atoms with E-state index >= 15 is 0 Å². The zero-order chi connectivity index (χ0) is 18.9. The lowest BCUT2D eigenvalue weighted by molar-refractivity contribution is -0.166. The van der Waals surface area contributed by atoms with Gasteiger partial charge in [0.05, 0.1) is 25.4 Å². The molecule has 24 heavy (non-hydrogen) atoms. The Labute approximate surface area is 139 Å². The van der Waals surface area contributed by atoms with Gasteiger partial charge in [0.25, 0.3) is 0 Å². The molecule has 2 N–H and O–H groups in total. The number of carbonyl (C=O) groups is 4. The van der Waals surface area contributed by atoms with Crippen molar-refractivity contribution < 1.29 is 43.6 Å². The highest BCUT2D eigenvalue weighted by molar-refractivity contribution is 5.78. The fourth-order valence-electron chi connectivity index (χ4n) is 1.63. The van der Waals surface area contributed by atoms with Crippen molar-refractivity contribution in [2.75, 3.05) is 0 Å². The van der Waals surface area contributed by atoms with Crippen LogP contribution in [0.3, 0.4) is 0 Å². The standard InChI is InChI=1S/C15H24O9/c1-8(16)5-12(17)22-9(2)6-13(18)23-10(3)7-14(19)24-11(4)15(20)21/h8-11,16H,5-7H2,1-4H3,(H,20,21)/t8-,9-,10-,11-/m1/s1. The molecule has 0 aliphatic carbocycles. The van der Waals surface area contributed by atoms with Crippen LogP contribution in [-0.4, -0.2) is 58.5 Å². The molecule has 0 rings (SSSR count). The summed E-state index contributed by atoms with van der Waals surface area (Å²) in [6.07, 6.45) is -4.36. The summed E-state index contributed by atoms with van der Waals surface area (Å²) < 4.78 is 14.5. The Bertz CT molecular complexity index is 458. The van der Waals surface area contributed by atoms with Crippen molar-refractivity contribution >= 4 is 23.9 Å². The highest BCUT2D eigenvalue weighted by Gasteiger charge is 2.22. The second-order valence-corrected chi connectivity index (χ2v) is 5.53. The van der Waals surface area contributed by atoms with Gasteiger partial charge in [-0.1, -0.05) is 0 Å². The van der Waals surface area contributed by atoms with Gasteiger partial charge >= 0.3 is 23.9 Å². The second-order valence-electron chi connectivity index (χ2n) is 5.53. The quantitative estimate of drug-likeness (QED) is 0.425. The Morgan fingerprint density at radius 2 is 1.12 bits per heavy atom. The van der Waals surface area contributed by atoms with Gasteiger partial charge < -0.3 is 24.4 Å². The summed E-state index contributed by atoms with van der Waals surface area (Å²) in [4.78, 5) is 45.0. The van der Waals surface area contributed by atoms with Crippen molar-refractivity contribution in [3.63, 3.8) is 0 Å². The number of aliphatic carboxylic acids is 1. The molecule has 0 saturated heterocycles. The monoisotopic (exact) mass is 348 g/mol. The topological polar surface area (TPSA) is 136 Å². The molecule has 0 aromatic heterocycles. The van der Waals surface area contributed by atoms with Crippen LogP contribution in [0.25, 0.3) is 0 Å². The molecule has 0 saturated carbocycles. The lowest BCUT2D eigenvalue weighted by Crippen LogP contribution is -2.28. The number of hydrogen-bond donors (Lipinski definition) is 2. The molecule has 0 aliphatic rings. The number of hydrogen-bond acceptors (Lipinski definition) is 8. The molecule has 0 radical (unpaired) electrons. The van der Waals surface area contributed by atoms with E-state index in [4.69, 9.17) is 19.7 Å². The second kappa shape index (κ2) is 10.6. The molecular formula is C15H24O9. The number of esters is 3. The summed E-state index contributed by atoms with van der Waals surface area (Å²) in [7, 11) is 0. The van der Waals surface area contributed by atoms with Crippen LogP contribution < -0.4 is 0 Å². The fraction of sp³-hybridized carbons (Fsp3) is 0.733. The van der Waals surface area contributed by atoms with Crippen LogP contribution in [0.2, 0.25) is 0 Å². The maximum atomic E-state index is 11.7. The Hall–Kier alpha value is -2.16. The van der Waals surface area contributed by atoms with Crippen molar-refractivity contribution in [3.05, 3.63) is 0 Å². The van der Waals surface area contributed by atoms with E-state index in [-0.39, 0.29) is 19.3 Å². The van der Waals surface area contributed by atoms with Gasteiger partial charge in [-0.15, -0.1) is 0 Å². The van der Waals surface area contributed by atoms with Crippen LogP contribution in [0.4, 0.5) is 0 Å². The highest BCUT2D eigenvalue weighted by Crippen LogP contribution is 2.08. The summed E-state index contributed by atoms with van der Waals surface area (Å²) in [5.74, 6) is -3.40. The Kier molecular flexibility index (Phi) is 9.63. The van der Waals surface area contributed by atoms with Crippen molar-refractivity contribution in [2.24, 2.45) is 0 Å². The first-order valence-electron chi connectivity index (χ1n) is 7.50. The summed E-state index contributed by atoms with van der Waals surface area (Å²) in [5, 5.41) is 17.7. The lowest BCUT2D eigenvalue weighted by atomic mass is 10.2. The molecule has 0 aromatic rings. The Balaban J connectivity index is 4.15. The van der Waals surface area contributed by atoms with Gasteiger partial charge in [-0.2, -0.15) is 0 Å². The molecule has 0 aliphatic heterocycles. The van der Waals surface area contributed by atoms with Crippen LogP contribution in [0.5, 0.6) is 0 Å². The van der Waals surface area contributed by atoms with Gasteiger partial charge in [-0.05, 0) is 27.7 Å². The highest BCUT2D eigenvalue weighted by atomic mass is 16.6. The maximum absolute atomic E-state index is 11.7. The van der Waals surface area contributed by atoms with Gasteiger partial charge in [0.2, 0.25) is 0 Å². The molecule has 0 fully saturated rings. The molecular weight excluding hydrogens is 324 g/mol. The predicted octanol–water partition coefficient (Wildman–Crippen LogP) is 0.417. The first kappa shape index (κ1) is 21.8. The minimum Gasteiger partial charge on any atom is -0.479 e. The number of carboxylic acids is 1. The zero-order valence-corrected chi connectivity index (χ0v) is 14.2. The maximum Gasteiger partial charge on any atom is 0.344 e. The number of aliphatic hydroxyl groups excluding tert-OH is 1. The third-order valence-corrected chi connectivity index (χ3v) is 2.69. The zero-order valence-electron chi connectivity index (χ0n) is 14.2.